The van der Waals surface area contributed by atoms with Crippen LogP contribution in [0.3, 0.4) is 0 Å². The van der Waals surface area contributed by atoms with E-state index in [2.05, 4.69) is 6.07 Å². The van der Waals surface area contributed by atoms with Gasteiger partial charge in [-0.1, -0.05) is 24.3 Å². The van der Waals surface area contributed by atoms with Gasteiger partial charge >= 0.3 is 7.69 Å². The molecule has 0 heterocycles. The minimum Gasteiger partial charge on any atom is -0.529 e. The lowest BCUT2D eigenvalue weighted by Gasteiger charge is -2.07. The molecule has 3 nitrogen and oxygen atoms in total. The van der Waals surface area contributed by atoms with Crippen LogP contribution < -0.4 is 9.31 Å². The number of nitrogens with zero attached hydrogens (tertiary/aromatic N) is 1. The molecular formula is C13H10BNO2. The molecule has 0 saturated heterocycles. The van der Waals surface area contributed by atoms with Crippen molar-refractivity contribution in [2.24, 2.45) is 0 Å². The second kappa shape index (κ2) is 5.62. The van der Waals surface area contributed by atoms with Crippen LogP contribution in [-0.2, 0) is 0 Å². The van der Waals surface area contributed by atoms with Crippen molar-refractivity contribution >= 4 is 7.69 Å². The van der Waals surface area contributed by atoms with Crippen molar-refractivity contribution in [2.45, 2.75) is 0 Å². The van der Waals surface area contributed by atoms with Crippen LogP contribution in [0.4, 0.5) is 0 Å². The summed E-state index contributed by atoms with van der Waals surface area (Å²) in [7, 11) is 0.124. The molecule has 0 amide bonds. The van der Waals surface area contributed by atoms with Gasteiger partial charge in [0.05, 0.1) is 11.6 Å². The third kappa shape index (κ3) is 3.28. The first-order valence-electron chi connectivity index (χ1n) is 5.19. The van der Waals surface area contributed by atoms with E-state index in [1.54, 1.807) is 24.3 Å². The van der Waals surface area contributed by atoms with Crippen LogP contribution in [0, 0.1) is 11.3 Å². The van der Waals surface area contributed by atoms with E-state index in [9.17, 15) is 0 Å². The van der Waals surface area contributed by atoms with Crippen LogP contribution in [0.2, 0.25) is 0 Å². The van der Waals surface area contributed by atoms with E-state index in [0.29, 0.717) is 11.3 Å². The zero-order valence-corrected chi connectivity index (χ0v) is 9.17. The maximum Gasteiger partial charge on any atom is 0.576 e. The van der Waals surface area contributed by atoms with E-state index in [-0.39, 0.29) is 7.69 Å². The van der Waals surface area contributed by atoms with Gasteiger partial charge in [-0.15, -0.1) is 0 Å². The molecule has 2 aromatic carbocycles. The van der Waals surface area contributed by atoms with Gasteiger partial charge in [0.15, 0.2) is 0 Å². The summed E-state index contributed by atoms with van der Waals surface area (Å²) in [4.78, 5) is 0. The van der Waals surface area contributed by atoms with Gasteiger partial charge in [0.1, 0.15) is 11.5 Å². The zero-order valence-electron chi connectivity index (χ0n) is 9.17. The Morgan fingerprint density at radius 3 is 2.35 bits per heavy atom. The molecule has 0 N–H and O–H groups in total. The highest BCUT2D eigenvalue weighted by atomic mass is 16.6. The van der Waals surface area contributed by atoms with Gasteiger partial charge in [-0.3, -0.25) is 0 Å². The third-order valence-corrected chi connectivity index (χ3v) is 2.16. The van der Waals surface area contributed by atoms with Gasteiger partial charge in [0, 0.05) is 0 Å². The Labute approximate surface area is 101 Å². The first-order chi connectivity index (χ1) is 8.38. The maximum atomic E-state index is 8.73. The molecule has 0 aliphatic rings. The summed E-state index contributed by atoms with van der Waals surface area (Å²) in [6, 6.07) is 18.4. The van der Waals surface area contributed by atoms with Gasteiger partial charge in [0.2, 0.25) is 0 Å². The summed E-state index contributed by atoms with van der Waals surface area (Å²) in [5.41, 5.74) is 0.571. The summed E-state index contributed by atoms with van der Waals surface area (Å²) in [6.07, 6.45) is 0. The molecule has 2 rings (SSSR count). The number of hydrogen-bond donors (Lipinski definition) is 0. The molecular weight excluding hydrogens is 213 g/mol. The third-order valence-electron chi connectivity index (χ3n) is 2.16. The quantitative estimate of drug-likeness (QED) is 0.746. The Kier molecular flexibility index (Phi) is 3.66. The second-order valence-corrected chi connectivity index (χ2v) is 3.36. The molecule has 0 fully saturated rings. The Bertz CT molecular complexity index is 522. The van der Waals surface area contributed by atoms with E-state index in [0.717, 1.165) is 5.75 Å². The van der Waals surface area contributed by atoms with E-state index in [1.165, 1.54) is 0 Å². The molecule has 0 aliphatic heterocycles. The number of benzene rings is 2. The van der Waals surface area contributed by atoms with Crippen molar-refractivity contribution in [3.05, 3.63) is 60.2 Å². The zero-order chi connectivity index (χ0) is 11.9. The fourth-order valence-corrected chi connectivity index (χ4v) is 1.34. The highest BCUT2D eigenvalue weighted by Gasteiger charge is 1.99. The average molecular weight is 223 g/mol. The van der Waals surface area contributed by atoms with Gasteiger partial charge in [-0.05, 0) is 30.3 Å². The average Bonchev–Trinajstić information content (AvgIpc) is 2.40. The lowest BCUT2D eigenvalue weighted by Crippen LogP contribution is -2.10. The second-order valence-electron chi connectivity index (χ2n) is 3.36. The van der Waals surface area contributed by atoms with Gasteiger partial charge in [-0.2, -0.15) is 5.26 Å². The molecule has 0 aliphatic carbocycles. The Morgan fingerprint density at radius 2 is 1.59 bits per heavy atom. The molecule has 0 unspecified atom stereocenters. The Balaban J connectivity index is 1.88. The number of rotatable bonds is 4. The van der Waals surface area contributed by atoms with Crippen LogP contribution >= 0.6 is 0 Å². The van der Waals surface area contributed by atoms with Crippen LogP contribution in [0.1, 0.15) is 5.56 Å². The van der Waals surface area contributed by atoms with Gasteiger partial charge in [-0.25, -0.2) is 0 Å². The molecule has 0 bridgehead atoms. The van der Waals surface area contributed by atoms with E-state index >= 15 is 0 Å². The highest BCUT2D eigenvalue weighted by molar-refractivity contribution is 6.20. The highest BCUT2D eigenvalue weighted by Crippen LogP contribution is 2.13. The Hall–Kier alpha value is -2.41. The van der Waals surface area contributed by atoms with E-state index in [4.69, 9.17) is 14.6 Å². The van der Waals surface area contributed by atoms with Crippen molar-refractivity contribution in [1.29, 1.82) is 5.26 Å². The number of hydrogen-bond acceptors (Lipinski definition) is 3. The molecule has 2 aromatic rings. The fourth-order valence-electron chi connectivity index (χ4n) is 1.34. The number of nitriles is 1. The van der Waals surface area contributed by atoms with Crippen molar-refractivity contribution < 1.29 is 9.31 Å². The summed E-state index contributed by atoms with van der Waals surface area (Å²) < 4.78 is 10.8. The van der Waals surface area contributed by atoms with E-state index < -0.39 is 0 Å². The summed E-state index contributed by atoms with van der Waals surface area (Å²) in [5.74, 6) is 1.38. The smallest absolute Gasteiger partial charge is 0.529 e. The number of para-hydroxylation sites is 1. The topological polar surface area (TPSA) is 42.2 Å². The largest absolute Gasteiger partial charge is 0.576 e. The first kappa shape index (κ1) is 11.1. The van der Waals surface area contributed by atoms with Gasteiger partial charge < -0.3 is 9.31 Å². The van der Waals surface area contributed by atoms with Crippen LogP contribution in [0.15, 0.2) is 54.6 Å². The van der Waals surface area contributed by atoms with Crippen LogP contribution in [-0.4, -0.2) is 7.69 Å². The normalized spacial score (nSPS) is 9.12. The lowest BCUT2D eigenvalue weighted by atomic mass is 10.2. The standard InChI is InChI=1S/C13H10BNO2/c15-10-11-5-4-8-13(9-11)17-14-16-12-6-2-1-3-7-12/h1-9,14H. The minimum absolute atomic E-state index is 0.124. The van der Waals surface area contributed by atoms with Crippen molar-refractivity contribution in [3.8, 4) is 17.6 Å². The molecule has 0 aromatic heterocycles. The molecule has 0 atom stereocenters. The van der Waals surface area contributed by atoms with Crippen molar-refractivity contribution in [3.63, 3.8) is 0 Å². The predicted molar refractivity (Wildman–Crippen MR) is 66.0 cm³/mol. The Morgan fingerprint density at radius 1 is 0.882 bits per heavy atom. The summed E-state index contributed by atoms with van der Waals surface area (Å²) in [5, 5.41) is 8.73. The molecule has 82 valence electrons. The molecule has 4 heteroatoms. The summed E-state index contributed by atoms with van der Waals surface area (Å²) in [6.45, 7) is 0. The van der Waals surface area contributed by atoms with Crippen LogP contribution in [0.25, 0.3) is 0 Å². The predicted octanol–water partition coefficient (Wildman–Crippen LogP) is 2.28. The minimum atomic E-state index is 0.124. The first-order valence-corrected chi connectivity index (χ1v) is 5.19. The maximum absolute atomic E-state index is 8.73. The molecule has 0 spiro atoms. The molecule has 0 saturated carbocycles. The summed E-state index contributed by atoms with van der Waals surface area (Å²) >= 11 is 0. The molecule has 17 heavy (non-hydrogen) atoms. The van der Waals surface area contributed by atoms with E-state index in [1.807, 2.05) is 30.3 Å². The lowest BCUT2D eigenvalue weighted by molar-refractivity contribution is 0.459. The van der Waals surface area contributed by atoms with Crippen LogP contribution in [0.5, 0.6) is 11.5 Å². The SMILES string of the molecule is N#Cc1cccc(OBOc2ccccc2)c1. The van der Waals surface area contributed by atoms with Gasteiger partial charge in [0.25, 0.3) is 0 Å². The monoisotopic (exact) mass is 223 g/mol. The van der Waals surface area contributed by atoms with Crippen molar-refractivity contribution in [1.82, 2.24) is 0 Å². The molecule has 0 radical (unpaired) electrons. The fraction of sp³-hybridized carbons (Fsp3) is 0. The van der Waals surface area contributed by atoms with Crippen molar-refractivity contribution in [2.75, 3.05) is 0 Å².